The summed E-state index contributed by atoms with van der Waals surface area (Å²) in [6.07, 6.45) is 1.49. The molecule has 1 aromatic heterocycles. The number of hydrogen-bond acceptors (Lipinski definition) is 4. The Morgan fingerprint density at radius 1 is 1.43 bits per heavy atom. The van der Waals surface area contributed by atoms with Crippen molar-refractivity contribution in [1.82, 2.24) is 9.78 Å². The summed E-state index contributed by atoms with van der Waals surface area (Å²) < 4.78 is 12.3. The van der Waals surface area contributed by atoms with Gasteiger partial charge in [0.2, 0.25) is 0 Å². The van der Waals surface area contributed by atoms with Gasteiger partial charge in [0, 0.05) is 12.1 Å². The SMILES string of the molecule is CCOC(=O)c1cnn(C)c1COc1ccc(Cl)c(C)c1. The molecule has 0 saturated carbocycles. The molecule has 2 rings (SSSR count). The number of hydrogen-bond donors (Lipinski definition) is 0. The molecule has 0 aliphatic heterocycles. The van der Waals surface area contributed by atoms with Crippen LogP contribution in [0.1, 0.15) is 28.5 Å². The standard InChI is InChI=1S/C15H17ClN2O3/c1-4-20-15(19)12-8-17-18(3)14(12)9-21-11-5-6-13(16)10(2)7-11/h5-8H,4,9H2,1-3H3. The van der Waals surface area contributed by atoms with E-state index in [4.69, 9.17) is 21.1 Å². The van der Waals surface area contributed by atoms with Gasteiger partial charge in [-0.2, -0.15) is 5.10 Å². The van der Waals surface area contributed by atoms with Gasteiger partial charge < -0.3 is 9.47 Å². The molecular formula is C15H17ClN2O3. The molecule has 0 amide bonds. The minimum atomic E-state index is -0.392. The van der Waals surface area contributed by atoms with Crippen molar-refractivity contribution >= 4 is 17.6 Å². The Labute approximate surface area is 128 Å². The monoisotopic (exact) mass is 308 g/mol. The first kappa shape index (κ1) is 15.4. The topological polar surface area (TPSA) is 53.3 Å². The molecular weight excluding hydrogens is 292 g/mol. The Hall–Kier alpha value is -2.01. The number of carbonyl (C=O) groups excluding carboxylic acids is 1. The van der Waals surface area contributed by atoms with Crippen LogP contribution in [0.4, 0.5) is 0 Å². The van der Waals surface area contributed by atoms with Crippen LogP contribution in [0.3, 0.4) is 0 Å². The Kier molecular flexibility index (Phi) is 4.85. The van der Waals surface area contributed by atoms with E-state index in [1.54, 1.807) is 30.8 Å². The van der Waals surface area contributed by atoms with Crippen molar-refractivity contribution in [3.05, 3.63) is 46.2 Å². The van der Waals surface area contributed by atoms with Gasteiger partial charge in [-0.3, -0.25) is 4.68 Å². The van der Waals surface area contributed by atoms with Gasteiger partial charge in [-0.1, -0.05) is 11.6 Å². The van der Waals surface area contributed by atoms with Gasteiger partial charge in [0.15, 0.2) is 0 Å². The average Bonchev–Trinajstić information content (AvgIpc) is 2.82. The number of aryl methyl sites for hydroxylation is 2. The predicted molar refractivity (Wildman–Crippen MR) is 79.7 cm³/mol. The molecule has 0 atom stereocenters. The second kappa shape index (κ2) is 6.63. The van der Waals surface area contributed by atoms with Gasteiger partial charge in [-0.25, -0.2) is 4.79 Å². The van der Waals surface area contributed by atoms with Crippen molar-refractivity contribution in [1.29, 1.82) is 0 Å². The van der Waals surface area contributed by atoms with Crippen LogP contribution in [-0.4, -0.2) is 22.4 Å². The summed E-state index contributed by atoms with van der Waals surface area (Å²) in [5.74, 6) is 0.296. The first-order chi connectivity index (χ1) is 10.0. The fourth-order valence-electron chi connectivity index (χ4n) is 1.87. The summed E-state index contributed by atoms with van der Waals surface area (Å²) in [4.78, 5) is 11.8. The van der Waals surface area contributed by atoms with Crippen LogP contribution in [-0.2, 0) is 18.4 Å². The van der Waals surface area contributed by atoms with Gasteiger partial charge in [-0.15, -0.1) is 0 Å². The Balaban J connectivity index is 2.14. The number of ether oxygens (including phenoxy) is 2. The summed E-state index contributed by atoms with van der Waals surface area (Å²) in [7, 11) is 1.76. The quantitative estimate of drug-likeness (QED) is 0.796. The molecule has 0 fully saturated rings. The number of benzene rings is 1. The lowest BCUT2D eigenvalue weighted by Gasteiger charge is -2.09. The van der Waals surface area contributed by atoms with Crippen molar-refractivity contribution in [2.75, 3.05) is 6.61 Å². The van der Waals surface area contributed by atoms with E-state index in [2.05, 4.69) is 5.10 Å². The molecule has 0 N–H and O–H groups in total. The number of nitrogens with zero attached hydrogens (tertiary/aromatic N) is 2. The largest absolute Gasteiger partial charge is 0.487 e. The van der Waals surface area contributed by atoms with Crippen molar-refractivity contribution < 1.29 is 14.3 Å². The Morgan fingerprint density at radius 2 is 2.19 bits per heavy atom. The maximum atomic E-state index is 11.8. The molecule has 0 saturated heterocycles. The molecule has 0 bridgehead atoms. The molecule has 0 aliphatic rings. The highest BCUT2D eigenvalue weighted by Gasteiger charge is 2.17. The lowest BCUT2D eigenvalue weighted by Crippen LogP contribution is -2.11. The van der Waals surface area contributed by atoms with E-state index in [1.807, 2.05) is 13.0 Å². The molecule has 0 aliphatic carbocycles. The normalized spacial score (nSPS) is 10.5. The van der Waals surface area contributed by atoms with E-state index in [-0.39, 0.29) is 6.61 Å². The zero-order valence-corrected chi connectivity index (χ0v) is 13.0. The van der Waals surface area contributed by atoms with Gasteiger partial charge >= 0.3 is 5.97 Å². The minimum absolute atomic E-state index is 0.228. The van der Waals surface area contributed by atoms with Gasteiger partial charge in [-0.05, 0) is 37.6 Å². The molecule has 21 heavy (non-hydrogen) atoms. The van der Waals surface area contributed by atoms with Crippen LogP contribution < -0.4 is 4.74 Å². The highest BCUT2D eigenvalue weighted by Crippen LogP contribution is 2.22. The zero-order valence-electron chi connectivity index (χ0n) is 12.2. The van der Waals surface area contributed by atoms with Crippen LogP contribution >= 0.6 is 11.6 Å². The zero-order chi connectivity index (χ0) is 15.4. The summed E-state index contributed by atoms with van der Waals surface area (Å²) >= 11 is 5.98. The fourth-order valence-corrected chi connectivity index (χ4v) is 1.99. The molecule has 112 valence electrons. The van der Waals surface area contributed by atoms with Crippen molar-refractivity contribution in [2.24, 2.45) is 7.05 Å². The summed E-state index contributed by atoms with van der Waals surface area (Å²) in [5.41, 5.74) is 2.02. The molecule has 6 heteroatoms. The predicted octanol–water partition coefficient (Wildman–Crippen LogP) is 3.14. The molecule has 5 nitrogen and oxygen atoms in total. The molecule has 1 heterocycles. The van der Waals surface area contributed by atoms with Crippen LogP contribution in [0.15, 0.2) is 24.4 Å². The number of esters is 1. The van der Waals surface area contributed by atoms with Crippen LogP contribution in [0.2, 0.25) is 5.02 Å². The number of rotatable bonds is 5. The van der Waals surface area contributed by atoms with Gasteiger partial charge in [0.25, 0.3) is 0 Å². The summed E-state index contributed by atoms with van der Waals surface area (Å²) in [5, 5.41) is 4.77. The van der Waals surface area contributed by atoms with E-state index in [0.29, 0.717) is 28.6 Å². The van der Waals surface area contributed by atoms with E-state index in [9.17, 15) is 4.79 Å². The molecule has 1 aromatic carbocycles. The van der Waals surface area contributed by atoms with Crippen LogP contribution in [0.25, 0.3) is 0 Å². The van der Waals surface area contributed by atoms with Crippen molar-refractivity contribution in [3.63, 3.8) is 0 Å². The Morgan fingerprint density at radius 3 is 2.86 bits per heavy atom. The summed E-state index contributed by atoms with van der Waals surface area (Å²) in [6, 6.07) is 5.42. The smallest absolute Gasteiger partial charge is 0.341 e. The first-order valence-corrected chi connectivity index (χ1v) is 6.97. The van der Waals surface area contributed by atoms with Crippen molar-refractivity contribution in [3.8, 4) is 5.75 Å². The van der Waals surface area contributed by atoms with Crippen LogP contribution in [0, 0.1) is 6.92 Å². The second-order valence-electron chi connectivity index (χ2n) is 4.55. The maximum Gasteiger partial charge on any atom is 0.341 e. The van der Waals surface area contributed by atoms with Crippen molar-refractivity contribution in [2.45, 2.75) is 20.5 Å². The molecule has 0 unspecified atom stereocenters. The highest BCUT2D eigenvalue weighted by atomic mass is 35.5. The number of halogens is 1. The molecule has 0 spiro atoms. The highest BCUT2D eigenvalue weighted by molar-refractivity contribution is 6.31. The van der Waals surface area contributed by atoms with Crippen LogP contribution in [0.5, 0.6) is 5.75 Å². The Bertz CT molecular complexity index is 652. The molecule has 2 aromatic rings. The first-order valence-electron chi connectivity index (χ1n) is 6.60. The third-order valence-electron chi connectivity index (χ3n) is 3.06. The minimum Gasteiger partial charge on any atom is -0.487 e. The molecule has 0 radical (unpaired) electrons. The number of aromatic nitrogens is 2. The van der Waals surface area contributed by atoms with E-state index in [1.165, 1.54) is 6.20 Å². The third kappa shape index (κ3) is 3.55. The maximum absolute atomic E-state index is 11.8. The second-order valence-corrected chi connectivity index (χ2v) is 4.96. The van der Waals surface area contributed by atoms with Gasteiger partial charge in [0.1, 0.15) is 17.9 Å². The van der Waals surface area contributed by atoms with Gasteiger partial charge in [0.05, 0.1) is 18.5 Å². The fraction of sp³-hybridized carbons (Fsp3) is 0.333. The third-order valence-corrected chi connectivity index (χ3v) is 3.49. The lowest BCUT2D eigenvalue weighted by atomic mass is 10.2. The van der Waals surface area contributed by atoms with E-state index < -0.39 is 5.97 Å². The summed E-state index contributed by atoms with van der Waals surface area (Å²) in [6.45, 7) is 4.22. The number of carbonyl (C=O) groups is 1. The lowest BCUT2D eigenvalue weighted by molar-refractivity contribution is 0.0523. The average molecular weight is 309 g/mol. The van der Waals surface area contributed by atoms with E-state index >= 15 is 0 Å². The van der Waals surface area contributed by atoms with E-state index in [0.717, 1.165) is 5.56 Å².